The summed E-state index contributed by atoms with van der Waals surface area (Å²) in [5.74, 6) is -0.233. The second kappa shape index (κ2) is 5.23. The highest BCUT2D eigenvalue weighted by atomic mass is 79.9. The number of Topliss-reactive ketones (excluding diaryl/α,β-unsaturated/α-hetero) is 1. The number of fused-ring (bicyclic) bond motifs is 2. The van der Waals surface area contributed by atoms with E-state index in [1.807, 2.05) is 0 Å². The van der Waals surface area contributed by atoms with Crippen LogP contribution in [0.15, 0.2) is 21.3 Å². The molecule has 4 nitrogen and oxygen atoms in total. The van der Waals surface area contributed by atoms with E-state index in [0.717, 1.165) is 49.7 Å². The van der Waals surface area contributed by atoms with Crippen molar-refractivity contribution in [1.82, 2.24) is 0 Å². The van der Waals surface area contributed by atoms with Crippen LogP contribution in [0.4, 0.5) is 5.69 Å². The monoisotopic (exact) mass is 361 g/mol. The Labute approximate surface area is 136 Å². The number of halogens is 1. The third kappa shape index (κ3) is 2.02. The van der Waals surface area contributed by atoms with Crippen molar-refractivity contribution < 1.29 is 9.21 Å². The van der Waals surface area contributed by atoms with Gasteiger partial charge in [-0.3, -0.25) is 4.79 Å². The Hall–Kier alpha value is -1.62. The zero-order valence-corrected chi connectivity index (χ0v) is 13.7. The van der Waals surface area contributed by atoms with E-state index in [1.165, 1.54) is 11.3 Å². The Kier molecular flexibility index (Phi) is 3.33. The molecule has 0 atom stereocenters. The minimum absolute atomic E-state index is 0.134. The van der Waals surface area contributed by atoms with E-state index in [4.69, 9.17) is 4.42 Å². The first-order chi connectivity index (χ1) is 10.7. The fourth-order valence-corrected chi connectivity index (χ4v) is 4.01. The third-order valence-corrected chi connectivity index (χ3v) is 5.15. The van der Waals surface area contributed by atoms with Crippen LogP contribution in [-0.4, -0.2) is 24.2 Å². The molecule has 0 spiro atoms. The predicted octanol–water partition coefficient (Wildman–Crippen LogP) is 3.07. The summed E-state index contributed by atoms with van der Waals surface area (Å²) in [4.78, 5) is 26.4. The first-order valence-corrected chi connectivity index (χ1v) is 8.78. The zero-order chi connectivity index (χ0) is 15.3. The van der Waals surface area contributed by atoms with E-state index in [2.05, 4.69) is 26.9 Å². The first-order valence-electron chi connectivity index (χ1n) is 7.66. The first kappa shape index (κ1) is 14.0. The molecule has 2 aromatic rings. The molecule has 0 amide bonds. The maximum Gasteiger partial charge on any atom is 0.347 e. The molecule has 0 saturated carbocycles. The number of nitrogens with zero attached hydrogens (tertiary/aromatic N) is 1. The Morgan fingerprint density at radius 2 is 2.00 bits per heavy atom. The van der Waals surface area contributed by atoms with Crippen LogP contribution < -0.4 is 10.5 Å². The normalized spacial score (nSPS) is 16.7. The highest BCUT2D eigenvalue weighted by Gasteiger charge is 2.27. The summed E-state index contributed by atoms with van der Waals surface area (Å²) in [6, 6.07) is 3.80. The molecule has 4 rings (SSSR count). The summed E-state index contributed by atoms with van der Waals surface area (Å²) < 4.78 is 5.56. The number of anilines is 1. The van der Waals surface area contributed by atoms with Crippen LogP contribution in [0.1, 0.15) is 34.3 Å². The summed E-state index contributed by atoms with van der Waals surface area (Å²) in [5.41, 5.74) is 4.02. The van der Waals surface area contributed by atoms with Gasteiger partial charge in [-0.2, -0.15) is 0 Å². The summed E-state index contributed by atoms with van der Waals surface area (Å²) in [6.07, 6.45) is 4.22. The second-order valence-electron chi connectivity index (χ2n) is 5.98. The van der Waals surface area contributed by atoms with Gasteiger partial charge in [0.15, 0.2) is 5.78 Å². The van der Waals surface area contributed by atoms with Crippen molar-refractivity contribution in [2.75, 3.05) is 23.3 Å². The van der Waals surface area contributed by atoms with Crippen molar-refractivity contribution in [3.63, 3.8) is 0 Å². The van der Waals surface area contributed by atoms with Gasteiger partial charge < -0.3 is 9.32 Å². The number of alkyl halides is 1. The zero-order valence-electron chi connectivity index (χ0n) is 12.2. The molecule has 0 bridgehead atoms. The van der Waals surface area contributed by atoms with Gasteiger partial charge in [-0.15, -0.1) is 0 Å². The number of hydrogen-bond acceptors (Lipinski definition) is 4. The number of ketones is 1. The minimum atomic E-state index is -0.527. The van der Waals surface area contributed by atoms with Gasteiger partial charge >= 0.3 is 5.63 Å². The number of hydrogen-bond donors (Lipinski definition) is 0. The largest absolute Gasteiger partial charge is 0.422 e. The van der Waals surface area contributed by atoms with Crippen molar-refractivity contribution in [1.29, 1.82) is 0 Å². The Morgan fingerprint density at radius 3 is 2.77 bits per heavy atom. The second-order valence-corrected chi connectivity index (χ2v) is 6.54. The summed E-state index contributed by atoms with van der Waals surface area (Å²) >= 11 is 3.12. The standard InChI is InChI=1S/C17H16BrNO3/c18-9-14(20)13-8-11-7-10-3-1-5-19-6-2-4-12(15(10)19)16(11)22-17(13)21/h7-8H,1-6,9H2. The molecule has 22 heavy (non-hydrogen) atoms. The molecule has 2 aliphatic heterocycles. The minimum Gasteiger partial charge on any atom is -0.422 e. The van der Waals surface area contributed by atoms with Crippen LogP contribution in [0, 0.1) is 0 Å². The smallest absolute Gasteiger partial charge is 0.347 e. The number of benzene rings is 1. The maximum absolute atomic E-state index is 12.1. The Morgan fingerprint density at radius 1 is 1.23 bits per heavy atom. The molecular weight excluding hydrogens is 346 g/mol. The molecule has 114 valence electrons. The van der Waals surface area contributed by atoms with Crippen LogP contribution in [0.5, 0.6) is 0 Å². The molecule has 1 aromatic carbocycles. The van der Waals surface area contributed by atoms with Crippen LogP contribution in [0.25, 0.3) is 11.0 Å². The molecular formula is C17H16BrNO3. The van der Waals surface area contributed by atoms with Gasteiger partial charge in [-0.1, -0.05) is 15.9 Å². The van der Waals surface area contributed by atoms with Gasteiger partial charge in [-0.05, 0) is 43.4 Å². The molecule has 0 fully saturated rings. The number of carbonyl (C=O) groups excluding carboxylic acids is 1. The van der Waals surface area contributed by atoms with Gasteiger partial charge in [0, 0.05) is 29.7 Å². The van der Waals surface area contributed by atoms with Crippen molar-refractivity contribution >= 4 is 38.4 Å². The quantitative estimate of drug-likeness (QED) is 0.468. The molecule has 0 aliphatic carbocycles. The maximum atomic E-state index is 12.1. The van der Waals surface area contributed by atoms with Gasteiger partial charge in [0.2, 0.25) is 0 Å². The summed E-state index contributed by atoms with van der Waals surface area (Å²) in [6.45, 7) is 2.16. The molecule has 1 aromatic heterocycles. The van der Waals surface area contributed by atoms with E-state index in [1.54, 1.807) is 6.07 Å². The average Bonchev–Trinajstić information content (AvgIpc) is 2.55. The fourth-order valence-electron chi connectivity index (χ4n) is 3.71. The molecule has 0 saturated heterocycles. The molecule has 0 radical (unpaired) electrons. The van der Waals surface area contributed by atoms with E-state index >= 15 is 0 Å². The van der Waals surface area contributed by atoms with Crippen LogP contribution in [0.3, 0.4) is 0 Å². The Balaban J connectivity index is 2.02. The average molecular weight is 362 g/mol. The summed E-state index contributed by atoms with van der Waals surface area (Å²) in [7, 11) is 0. The van der Waals surface area contributed by atoms with E-state index < -0.39 is 5.63 Å². The molecule has 5 heteroatoms. The van der Waals surface area contributed by atoms with E-state index in [0.29, 0.717) is 5.58 Å². The topological polar surface area (TPSA) is 50.5 Å². The van der Waals surface area contributed by atoms with Gasteiger partial charge in [0.25, 0.3) is 0 Å². The molecule has 0 N–H and O–H groups in total. The lowest BCUT2D eigenvalue weighted by Gasteiger charge is -2.37. The van der Waals surface area contributed by atoms with Gasteiger partial charge in [0.05, 0.1) is 5.33 Å². The number of rotatable bonds is 2. The molecule has 3 heterocycles. The lowest BCUT2D eigenvalue weighted by molar-refractivity contribution is 0.102. The number of aryl methyl sites for hydroxylation is 2. The fraction of sp³-hybridized carbons (Fsp3) is 0.412. The molecule has 0 unspecified atom stereocenters. The Bertz CT molecular complexity index is 838. The van der Waals surface area contributed by atoms with Crippen molar-refractivity contribution in [3.05, 3.63) is 39.2 Å². The third-order valence-electron chi connectivity index (χ3n) is 4.64. The highest BCUT2D eigenvalue weighted by molar-refractivity contribution is 9.09. The lowest BCUT2D eigenvalue weighted by Crippen LogP contribution is -2.34. The highest BCUT2D eigenvalue weighted by Crippen LogP contribution is 2.39. The van der Waals surface area contributed by atoms with Crippen molar-refractivity contribution in [2.24, 2.45) is 0 Å². The van der Waals surface area contributed by atoms with Crippen LogP contribution >= 0.6 is 15.9 Å². The van der Waals surface area contributed by atoms with Crippen LogP contribution in [0.2, 0.25) is 0 Å². The lowest BCUT2D eigenvalue weighted by atomic mass is 9.90. The van der Waals surface area contributed by atoms with Crippen molar-refractivity contribution in [3.8, 4) is 0 Å². The number of carbonyl (C=O) groups is 1. The van der Waals surface area contributed by atoms with Gasteiger partial charge in [-0.25, -0.2) is 4.79 Å². The predicted molar refractivity (Wildman–Crippen MR) is 89.5 cm³/mol. The summed E-state index contributed by atoms with van der Waals surface area (Å²) in [5, 5.41) is 1.01. The van der Waals surface area contributed by atoms with Gasteiger partial charge in [0.1, 0.15) is 11.1 Å². The van der Waals surface area contributed by atoms with Crippen molar-refractivity contribution in [2.45, 2.75) is 25.7 Å². The van der Waals surface area contributed by atoms with E-state index in [-0.39, 0.29) is 16.7 Å². The molecule has 2 aliphatic rings. The van der Waals surface area contributed by atoms with Crippen LogP contribution in [-0.2, 0) is 12.8 Å². The van der Waals surface area contributed by atoms with E-state index in [9.17, 15) is 9.59 Å². The SMILES string of the molecule is O=C(CBr)c1cc2cc3c4c(c2oc1=O)CCCN4CCC3.